The van der Waals surface area contributed by atoms with E-state index in [0.717, 1.165) is 22.6 Å². The maximum Gasteiger partial charge on any atom is 0.267 e. The van der Waals surface area contributed by atoms with Crippen molar-refractivity contribution in [1.82, 2.24) is 19.9 Å². The molecule has 4 aromatic rings. The Kier molecular flexibility index (Phi) is 9.28. The zero-order valence-corrected chi connectivity index (χ0v) is 28.7. The highest BCUT2D eigenvalue weighted by Gasteiger charge is 2.39. The molecule has 250 valence electrons. The van der Waals surface area contributed by atoms with Crippen molar-refractivity contribution in [3.8, 4) is 17.0 Å². The number of pyridine rings is 2. The van der Waals surface area contributed by atoms with Gasteiger partial charge in [0.2, 0.25) is 5.91 Å². The Balaban J connectivity index is 1.26. The van der Waals surface area contributed by atoms with Gasteiger partial charge in [0.25, 0.3) is 5.91 Å². The summed E-state index contributed by atoms with van der Waals surface area (Å²) in [4.78, 5) is 45.9. The molecule has 0 saturated carbocycles. The van der Waals surface area contributed by atoms with Crippen molar-refractivity contribution in [2.75, 3.05) is 60.3 Å². The molecule has 2 aliphatic heterocycles. The van der Waals surface area contributed by atoms with Gasteiger partial charge in [-0.2, -0.15) is 0 Å². The number of aryl methyl sites for hydroxylation is 1. The van der Waals surface area contributed by atoms with Crippen molar-refractivity contribution < 1.29 is 19.4 Å². The van der Waals surface area contributed by atoms with Crippen LogP contribution < -0.4 is 25.2 Å². The lowest BCUT2D eigenvalue weighted by molar-refractivity contribution is -0.126. The maximum atomic E-state index is 13.0. The number of rotatable bonds is 9. The number of methoxy groups -OCH3 is 1. The number of piperazine rings is 1. The van der Waals surface area contributed by atoms with Gasteiger partial charge in [0.15, 0.2) is 22.5 Å². The van der Waals surface area contributed by atoms with Gasteiger partial charge in [-0.05, 0) is 56.7 Å². The first-order valence-corrected chi connectivity index (χ1v) is 16.7. The van der Waals surface area contributed by atoms with Crippen LogP contribution in [0.4, 0.5) is 28.1 Å². The summed E-state index contributed by atoms with van der Waals surface area (Å²) in [5, 5.41) is 17.6. The second-order valence-corrected chi connectivity index (χ2v) is 13.7. The van der Waals surface area contributed by atoms with Gasteiger partial charge in [0.05, 0.1) is 41.0 Å². The first kappa shape index (κ1) is 33.2. The molecule has 2 amide bonds. The molecule has 0 radical (unpaired) electrons. The van der Waals surface area contributed by atoms with Crippen LogP contribution in [0, 0.1) is 6.92 Å². The van der Waals surface area contributed by atoms with Gasteiger partial charge in [-0.3, -0.25) is 9.59 Å². The standard InChI is InChI=1S/C34H37ClN8O4S/c1-6-28(44)41-12-13-43(21(3)17-41)31-25(42-18-34(4,46)19-42)14-22(15-36-31)24-10-11-26(47-5)30(38-24)40-33-37-16-27(48-33)32(45)39-29-20(2)8-7-9-23(29)35/h6-11,14-16,21,46H,1,12-13,17-19H2,2-5H3,(H,39,45)(H,37,38,40)/t21-/m0/s1. The van der Waals surface area contributed by atoms with Crippen LogP contribution in [0.2, 0.25) is 5.02 Å². The van der Waals surface area contributed by atoms with Crippen LogP contribution in [-0.2, 0) is 4.79 Å². The lowest BCUT2D eigenvalue weighted by Gasteiger charge is -2.48. The number of carbonyl (C=O) groups excluding carboxylic acids is 2. The average Bonchev–Trinajstić information content (AvgIpc) is 3.53. The summed E-state index contributed by atoms with van der Waals surface area (Å²) in [6.45, 7) is 12.1. The van der Waals surface area contributed by atoms with Crippen molar-refractivity contribution >= 4 is 62.9 Å². The average molecular weight is 689 g/mol. The Hall–Kier alpha value is -4.72. The minimum Gasteiger partial charge on any atom is -0.493 e. The quantitative estimate of drug-likeness (QED) is 0.197. The summed E-state index contributed by atoms with van der Waals surface area (Å²) in [6, 6.07) is 11.2. The molecule has 0 bridgehead atoms. The van der Waals surface area contributed by atoms with E-state index in [9.17, 15) is 14.7 Å². The Bertz CT molecular complexity index is 1850. The lowest BCUT2D eigenvalue weighted by atomic mass is 9.95. The largest absolute Gasteiger partial charge is 0.493 e. The molecule has 48 heavy (non-hydrogen) atoms. The number of para-hydroxylation sites is 1. The van der Waals surface area contributed by atoms with Gasteiger partial charge >= 0.3 is 0 Å². The van der Waals surface area contributed by atoms with E-state index in [4.69, 9.17) is 26.3 Å². The predicted octanol–water partition coefficient (Wildman–Crippen LogP) is 5.36. The van der Waals surface area contributed by atoms with Gasteiger partial charge in [0.1, 0.15) is 4.88 Å². The molecule has 3 N–H and O–H groups in total. The van der Waals surface area contributed by atoms with Crippen LogP contribution in [-0.4, -0.2) is 88.2 Å². The fourth-order valence-corrected chi connectivity index (χ4v) is 6.93. The molecule has 2 saturated heterocycles. The Morgan fingerprint density at radius 3 is 2.67 bits per heavy atom. The number of aromatic nitrogens is 3. The van der Waals surface area contributed by atoms with E-state index in [0.29, 0.717) is 70.7 Å². The molecule has 14 heteroatoms. The van der Waals surface area contributed by atoms with E-state index in [1.54, 1.807) is 24.3 Å². The summed E-state index contributed by atoms with van der Waals surface area (Å²) in [5.41, 5.74) is 2.91. The van der Waals surface area contributed by atoms with Crippen LogP contribution in [0.1, 0.15) is 29.1 Å². The van der Waals surface area contributed by atoms with E-state index < -0.39 is 5.60 Å². The monoisotopic (exact) mass is 688 g/mol. The van der Waals surface area contributed by atoms with E-state index >= 15 is 0 Å². The summed E-state index contributed by atoms with van der Waals surface area (Å²) in [5.74, 6) is 1.31. The van der Waals surface area contributed by atoms with Crippen LogP contribution in [0.25, 0.3) is 11.3 Å². The number of amides is 2. The number of carbonyl (C=O) groups is 2. The molecule has 2 aliphatic rings. The van der Waals surface area contributed by atoms with Crippen LogP contribution in [0.15, 0.2) is 61.4 Å². The molecule has 1 aromatic carbocycles. The van der Waals surface area contributed by atoms with Crippen molar-refractivity contribution in [2.24, 2.45) is 0 Å². The van der Waals surface area contributed by atoms with Crippen LogP contribution in [0.3, 0.4) is 0 Å². The molecule has 6 rings (SSSR count). The van der Waals surface area contributed by atoms with Crippen molar-refractivity contribution in [1.29, 1.82) is 0 Å². The van der Waals surface area contributed by atoms with Crippen LogP contribution >= 0.6 is 22.9 Å². The van der Waals surface area contributed by atoms with E-state index in [-0.39, 0.29) is 17.9 Å². The highest BCUT2D eigenvalue weighted by Crippen LogP contribution is 2.39. The molecular weight excluding hydrogens is 652 g/mol. The SMILES string of the molecule is C=CC(=O)N1CCN(c2ncc(-c3ccc(OC)c(Nc4ncc(C(=O)Nc5c(C)cccc5Cl)s4)n3)cc2N2CC(C)(O)C2)[C@@H](C)C1. The second-order valence-electron chi connectivity index (χ2n) is 12.2. The fourth-order valence-electron chi connectivity index (χ4n) is 5.95. The fraction of sp³-hybridized carbons (Fsp3) is 0.324. The number of thiazole rings is 1. The number of hydrogen-bond donors (Lipinski definition) is 3. The molecule has 5 heterocycles. The van der Waals surface area contributed by atoms with Gasteiger partial charge in [0, 0.05) is 50.5 Å². The van der Waals surface area contributed by atoms with Gasteiger partial charge in [-0.1, -0.05) is 41.6 Å². The summed E-state index contributed by atoms with van der Waals surface area (Å²) in [6.07, 6.45) is 4.63. The molecule has 0 spiro atoms. The third kappa shape index (κ3) is 6.80. The van der Waals surface area contributed by atoms with Gasteiger partial charge in [-0.15, -0.1) is 0 Å². The normalized spacial score (nSPS) is 17.0. The topological polar surface area (TPSA) is 136 Å². The first-order valence-electron chi connectivity index (χ1n) is 15.5. The Morgan fingerprint density at radius 1 is 1.19 bits per heavy atom. The number of ether oxygens (including phenoxy) is 1. The first-order chi connectivity index (χ1) is 23.0. The highest BCUT2D eigenvalue weighted by atomic mass is 35.5. The molecule has 3 aromatic heterocycles. The van der Waals surface area contributed by atoms with Gasteiger partial charge in [-0.25, -0.2) is 15.0 Å². The zero-order chi connectivity index (χ0) is 34.2. The molecular formula is C34H37ClN8O4S. The number of benzene rings is 1. The number of halogens is 1. The number of hydrogen-bond acceptors (Lipinski definition) is 11. The van der Waals surface area contributed by atoms with Crippen molar-refractivity contribution in [3.05, 3.63) is 76.9 Å². The Labute approximate surface area is 288 Å². The molecule has 12 nitrogen and oxygen atoms in total. The summed E-state index contributed by atoms with van der Waals surface area (Å²) >= 11 is 7.48. The third-order valence-electron chi connectivity index (χ3n) is 8.43. The number of nitrogens with zero attached hydrogens (tertiary/aromatic N) is 6. The second kappa shape index (κ2) is 13.4. The third-order valence-corrected chi connectivity index (χ3v) is 9.65. The van der Waals surface area contributed by atoms with E-state index in [1.165, 1.54) is 23.6 Å². The minimum absolute atomic E-state index is 0.0235. The van der Waals surface area contributed by atoms with E-state index in [2.05, 4.69) is 38.9 Å². The zero-order valence-electron chi connectivity index (χ0n) is 27.2. The number of β-amino-alcohol motifs (C(OH)–C–C–N with tert-alkyl or cyclic N) is 1. The van der Waals surface area contributed by atoms with Crippen molar-refractivity contribution in [3.63, 3.8) is 0 Å². The maximum absolute atomic E-state index is 13.0. The van der Waals surface area contributed by atoms with Crippen molar-refractivity contribution in [2.45, 2.75) is 32.4 Å². The number of anilines is 5. The Morgan fingerprint density at radius 2 is 1.98 bits per heavy atom. The number of aliphatic hydroxyl groups is 1. The molecule has 0 unspecified atom stereocenters. The number of nitrogens with one attached hydrogen (secondary N) is 2. The summed E-state index contributed by atoms with van der Waals surface area (Å²) in [7, 11) is 1.56. The summed E-state index contributed by atoms with van der Waals surface area (Å²) < 4.78 is 5.59. The highest BCUT2D eigenvalue weighted by molar-refractivity contribution is 7.17. The molecule has 1 atom stereocenters. The molecule has 2 fully saturated rings. The minimum atomic E-state index is -0.793. The van der Waals surface area contributed by atoms with Gasteiger partial charge < -0.3 is 35.2 Å². The van der Waals surface area contributed by atoms with E-state index in [1.807, 2.05) is 44.2 Å². The smallest absolute Gasteiger partial charge is 0.267 e. The lowest BCUT2D eigenvalue weighted by Crippen LogP contribution is -2.61. The predicted molar refractivity (Wildman–Crippen MR) is 190 cm³/mol. The van der Waals surface area contributed by atoms with Crippen LogP contribution in [0.5, 0.6) is 5.75 Å². The molecule has 0 aliphatic carbocycles.